The number of nitrogens with one attached hydrogen (secondary N) is 1. The number of carbonyl (C=O) groups excluding carboxylic acids is 1. The number of anilines is 1. The minimum absolute atomic E-state index is 0.0303. The van der Waals surface area contributed by atoms with Crippen LogP contribution in [0.1, 0.15) is 26.3 Å². The van der Waals surface area contributed by atoms with Crippen LogP contribution in [0.2, 0.25) is 0 Å². The highest BCUT2D eigenvalue weighted by Crippen LogP contribution is 2.33. The van der Waals surface area contributed by atoms with E-state index in [9.17, 15) is 4.79 Å². The maximum absolute atomic E-state index is 12.5. The lowest BCUT2D eigenvalue weighted by molar-refractivity contribution is -0.118. The third-order valence-corrected chi connectivity index (χ3v) is 5.27. The second-order valence-corrected chi connectivity index (χ2v) is 8.61. The zero-order valence-electron chi connectivity index (χ0n) is 16.4. The third kappa shape index (κ3) is 5.40. The van der Waals surface area contributed by atoms with E-state index in [-0.39, 0.29) is 17.9 Å². The molecule has 4 heteroatoms. The van der Waals surface area contributed by atoms with Crippen molar-refractivity contribution in [2.75, 3.05) is 11.9 Å². The molecule has 0 saturated heterocycles. The number of benzene rings is 3. The smallest absolute Gasteiger partial charge is 0.262 e. The van der Waals surface area contributed by atoms with Crippen LogP contribution in [0.5, 0.6) is 5.75 Å². The van der Waals surface area contributed by atoms with Gasteiger partial charge in [-0.1, -0.05) is 81.1 Å². The predicted molar refractivity (Wildman–Crippen MR) is 116 cm³/mol. The summed E-state index contributed by atoms with van der Waals surface area (Å²) in [7, 11) is 0. The van der Waals surface area contributed by atoms with Crippen LogP contribution in [0.3, 0.4) is 0 Å². The summed E-state index contributed by atoms with van der Waals surface area (Å²) in [6.45, 7) is 6.36. The molecule has 0 bridgehead atoms. The van der Waals surface area contributed by atoms with Crippen LogP contribution >= 0.6 is 11.8 Å². The number of hydrogen-bond donors (Lipinski definition) is 1. The van der Waals surface area contributed by atoms with E-state index < -0.39 is 0 Å². The fourth-order valence-corrected chi connectivity index (χ4v) is 3.74. The predicted octanol–water partition coefficient (Wildman–Crippen LogP) is 6.15. The van der Waals surface area contributed by atoms with Crippen molar-refractivity contribution in [3.8, 4) is 5.75 Å². The van der Waals surface area contributed by atoms with Gasteiger partial charge < -0.3 is 10.1 Å². The van der Waals surface area contributed by atoms with Gasteiger partial charge in [-0.05, 0) is 41.3 Å². The summed E-state index contributed by atoms with van der Waals surface area (Å²) in [6.07, 6.45) is 0. The van der Waals surface area contributed by atoms with E-state index in [1.54, 1.807) is 11.8 Å². The molecule has 0 spiro atoms. The number of hydrogen-bond acceptors (Lipinski definition) is 3. The Labute approximate surface area is 171 Å². The second-order valence-electron chi connectivity index (χ2n) is 7.49. The van der Waals surface area contributed by atoms with Crippen molar-refractivity contribution < 1.29 is 9.53 Å². The molecular weight excluding hydrogens is 366 g/mol. The molecule has 3 rings (SSSR count). The highest BCUT2D eigenvalue weighted by atomic mass is 32.2. The van der Waals surface area contributed by atoms with Crippen LogP contribution in [0.15, 0.2) is 88.7 Å². The van der Waals surface area contributed by atoms with E-state index in [0.29, 0.717) is 0 Å². The lowest BCUT2D eigenvalue weighted by atomic mass is 9.86. The molecule has 0 aliphatic carbocycles. The molecule has 144 valence electrons. The largest absolute Gasteiger partial charge is 0.483 e. The third-order valence-electron chi connectivity index (χ3n) is 4.19. The molecule has 0 fully saturated rings. The Bertz CT molecular complexity index is 933. The average Bonchev–Trinajstić information content (AvgIpc) is 2.68. The van der Waals surface area contributed by atoms with Crippen molar-refractivity contribution in [3.63, 3.8) is 0 Å². The van der Waals surface area contributed by atoms with Gasteiger partial charge in [0.25, 0.3) is 5.91 Å². The topological polar surface area (TPSA) is 38.3 Å². The molecule has 0 unspecified atom stereocenters. The molecule has 1 amide bonds. The molecule has 0 aromatic heterocycles. The Hall–Kier alpha value is -2.72. The van der Waals surface area contributed by atoms with Crippen molar-refractivity contribution in [1.82, 2.24) is 0 Å². The Morgan fingerprint density at radius 2 is 1.54 bits per heavy atom. The Morgan fingerprint density at radius 1 is 0.893 bits per heavy atom. The number of rotatable bonds is 6. The van der Waals surface area contributed by atoms with Crippen molar-refractivity contribution in [3.05, 3.63) is 84.4 Å². The van der Waals surface area contributed by atoms with Crippen molar-refractivity contribution in [1.29, 1.82) is 0 Å². The summed E-state index contributed by atoms with van der Waals surface area (Å²) in [5, 5.41) is 2.97. The van der Waals surface area contributed by atoms with E-state index in [1.807, 2.05) is 66.7 Å². The van der Waals surface area contributed by atoms with Crippen molar-refractivity contribution in [2.24, 2.45) is 0 Å². The van der Waals surface area contributed by atoms with E-state index >= 15 is 0 Å². The van der Waals surface area contributed by atoms with E-state index in [2.05, 4.69) is 38.2 Å². The fraction of sp³-hybridized carbons (Fsp3) is 0.208. The maximum atomic E-state index is 12.5. The lowest BCUT2D eigenvalue weighted by Gasteiger charge is -2.22. The number of ether oxygens (including phenoxy) is 1. The van der Waals surface area contributed by atoms with Crippen LogP contribution in [0.4, 0.5) is 5.69 Å². The number of para-hydroxylation sites is 2. The molecule has 3 aromatic carbocycles. The minimum atomic E-state index is -0.176. The summed E-state index contributed by atoms with van der Waals surface area (Å²) in [6, 6.07) is 25.8. The first-order valence-corrected chi connectivity index (χ1v) is 10.1. The van der Waals surface area contributed by atoms with Crippen LogP contribution in [-0.2, 0) is 10.2 Å². The SMILES string of the molecule is CC(C)(C)c1ccccc1OCC(=O)Nc1ccccc1Sc1ccccc1. The molecule has 3 nitrogen and oxygen atoms in total. The quantitative estimate of drug-likeness (QED) is 0.547. The standard InChI is InChI=1S/C24H25NO2S/c1-24(2,3)19-13-7-9-15-21(19)27-17-23(26)25-20-14-8-10-16-22(20)28-18-11-5-4-6-12-18/h4-16H,17H2,1-3H3,(H,25,26). The van der Waals surface area contributed by atoms with Gasteiger partial charge in [0.2, 0.25) is 0 Å². The summed E-state index contributed by atoms with van der Waals surface area (Å²) in [4.78, 5) is 14.6. The normalized spacial score (nSPS) is 11.1. The first kappa shape index (κ1) is 20.0. The summed E-state index contributed by atoms with van der Waals surface area (Å²) in [5.74, 6) is 0.571. The Balaban J connectivity index is 1.67. The molecule has 0 aliphatic heterocycles. The van der Waals surface area contributed by atoms with Crippen molar-refractivity contribution >= 4 is 23.4 Å². The van der Waals surface area contributed by atoms with Crippen LogP contribution in [0.25, 0.3) is 0 Å². The van der Waals surface area contributed by atoms with E-state index in [4.69, 9.17) is 4.74 Å². The van der Waals surface area contributed by atoms with Gasteiger partial charge in [-0.15, -0.1) is 0 Å². The molecule has 1 N–H and O–H groups in total. The Kier molecular flexibility index (Phi) is 6.42. The zero-order chi connectivity index (χ0) is 20.0. The highest BCUT2D eigenvalue weighted by Gasteiger charge is 2.19. The summed E-state index contributed by atoms with van der Waals surface area (Å²) < 4.78 is 5.84. The fourth-order valence-electron chi connectivity index (χ4n) is 2.82. The molecule has 3 aromatic rings. The van der Waals surface area contributed by atoms with Crippen LogP contribution in [-0.4, -0.2) is 12.5 Å². The van der Waals surface area contributed by atoms with Crippen LogP contribution < -0.4 is 10.1 Å². The maximum Gasteiger partial charge on any atom is 0.262 e. The molecule has 28 heavy (non-hydrogen) atoms. The first-order chi connectivity index (χ1) is 13.4. The van der Waals surface area contributed by atoms with Gasteiger partial charge in [-0.25, -0.2) is 0 Å². The number of carbonyl (C=O) groups is 1. The molecule has 0 atom stereocenters. The van der Waals surface area contributed by atoms with Crippen LogP contribution in [0, 0.1) is 0 Å². The number of amides is 1. The Morgan fingerprint density at radius 3 is 2.29 bits per heavy atom. The van der Waals surface area contributed by atoms with Gasteiger partial charge in [0, 0.05) is 9.79 Å². The molecule has 0 aliphatic rings. The van der Waals surface area contributed by atoms with Gasteiger partial charge in [-0.3, -0.25) is 4.79 Å². The molecule has 0 heterocycles. The van der Waals surface area contributed by atoms with Gasteiger partial charge in [0.15, 0.2) is 6.61 Å². The molecular formula is C24H25NO2S. The molecule has 0 saturated carbocycles. The van der Waals surface area contributed by atoms with Crippen molar-refractivity contribution in [2.45, 2.75) is 36.0 Å². The zero-order valence-corrected chi connectivity index (χ0v) is 17.3. The lowest BCUT2D eigenvalue weighted by Crippen LogP contribution is -2.22. The van der Waals surface area contributed by atoms with E-state index in [0.717, 1.165) is 26.8 Å². The highest BCUT2D eigenvalue weighted by molar-refractivity contribution is 7.99. The van der Waals surface area contributed by atoms with Gasteiger partial charge >= 0.3 is 0 Å². The van der Waals surface area contributed by atoms with Gasteiger partial charge in [-0.2, -0.15) is 0 Å². The first-order valence-electron chi connectivity index (χ1n) is 9.27. The summed E-state index contributed by atoms with van der Waals surface area (Å²) in [5.41, 5.74) is 1.82. The minimum Gasteiger partial charge on any atom is -0.483 e. The monoisotopic (exact) mass is 391 g/mol. The van der Waals surface area contributed by atoms with E-state index in [1.165, 1.54) is 0 Å². The summed E-state index contributed by atoms with van der Waals surface area (Å²) >= 11 is 1.62. The molecule has 0 radical (unpaired) electrons. The second kappa shape index (κ2) is 8.98. The van der Waals surface area contributed by atoms with Gasteiger partial charge in [0.05, 0.1) is 5.69 Å². The average molecular weight is 392 g/mol. The van der Waals surface area contributed by atoms with Gasteiger partial charge in [0.1, 0.15) is 5.75 Å².